The third kappa shape index (κ3) is 4.14. The topological polar surface area (TPSA) is 64.1 Å². The third-order valence-corrected chi connectivity index (χ3v) is 4.03. The van der Waals surface area contributed by atoms with Crippen LogP contribution in [0.5, 0.6) is 5.88 Å². The molecule has 0 unspecified atom stereocenters. The van der Waals surface area contributed by atoms with Crippen molar-refractivity contribution in [1.29, 1.82) is 0 Å². The van der Waals surface area contributed by atoms with Gasteiger partial charge in [-0.15, -0.1) is 21.5 Å². The highest BCUT2D eigenvalue weighted by molar-refractivity contribution is 7.12. The van der Waals surface area contributed by atoms with E-state index in [2.05, 4.69) is 15.5 Å². The van der Waals surface area contributed by atoms with Crippen LogP contribution < -0.4 is 10.1 Å². The highest BCUT2D eigenvalue weighted by atomic mass is 32.1. The number of hydrogen-bond acceptors (Lipinski definition) is 5. The number of carbonyl (C=O) groups is 1. The van der Waals surface area contributed by atoms with Gasteiger partial charge in [-0.25, -0.2) is 4.39 Å². The van der Waals surface area contributed by atoms with Gasteiger partial charge in [0.15, 0.2) is 0 Å². The molecule has 0 aliphatic rings. The standard InChI is InChI=1S/C17H14FN3O2S/c18-13-5-3-12(4-6-13)14-7-8-16(21-20-14)23-10-9-19-17(22)15-2-1-11-24-15/h1-8,11H,9-10H2,(H,19,22). The van der Waals surface area contributed by atoms with Crippen LogP contribution in [0.1, 0.15) is 9.67 Å². The molecule has 5 nitrogen and oxygen atoms in total. The highest BCUT2D eigenvalue weighted by Gasteiger charge is 2.06. The molecule has 0 aliphatic heterocycles. The van der Waals surface area contributed by atoms with Crippen LogP contribution in [0.3, 0.4) is 0 Å². The SMILES string of the molecule is O=C(NCCOc1ccc(-c2ccc(F)cc2)nn1)c1cccs1. The summed E-state index contributed by atoms with van der Waals surface area (Å²) in [6.45, 7) is 0.666. The number of amides is 1. The zero-order chi connectivity index (χ0) is 16.8. The molecule has 3 rings (SSSR count). The second-order valence-corrected chi connectivity index (χ2v) is 5.79. The van der Waals surface area contributed by atoms with Gasteiger partial charge in [0, 0.05) is 11.6 Å². The molecule has 0 aliphatic carbocycles. The van der Waals surface area contributed by atoms with Gasteiger partial charge in [0.2, 0.25) is 5.88 Å². The predicted molar refractivity (Wildman–Crippen MR) is 89.6 cm³/mol. The number of thiophene rings is 1. The van der Waals surface area contributed by atoms with Crippen molar-refractivity contribution in [2.24, 2.45) is 0 Å². The molecular formula is C17H14FN3O2S. The second kappa shape index (κ2) is 7.65. The van der Waals surface area contributed by atoms with Crippen LogP contribution in [0.15, 0.2) is 53.9 Å². The Balaban J connectivity index is 1.48. The summed E-state index contributed by atoms with van der Waals surface area (Å²) in [6, 6.07) is 13.1. The van der Waals surface area contributed by atoms with E-state index in [9.17, 15) is 9.18 Å². The van der Waals surface area contributed by atoms with Crippen molar-refractivity contribution in [3.05, 3.63) is 64.6 Å². The molecule has 0 saturated heterocycles. The average molecular weight is 343 g/mol. The maximum atomic E-state index is 12.9. The summed E-state index contributed by atoms with van der Waals surface area (Å²) < 4.78 is 18.3. The zero-order valence-corrected chi connectivity index (χ0v) is 13.4. The van der Waals surface area contributed by atoms with Gasteiger partial charge < -0.3 is 10.1 Å². The number of nitrogens with zero attached hydrogens (tertiary/aromatic N) is 2. The number of hydrogen-bond donors (Lipinski definition) is 1. The molecule has 1 aromatic carbocycles. The minimum absolute atomic E-state index is 0.119. The van der Waals surface area contributed by atoms with Gasteiger partial charge in [0.25, 0.3) is 5.91 Å². The molecule has 2 aromatic heterocycles. The van der Waals surface area contributed by atoms with Gasteiger partial charge in [0.05, 0.1) is 17.1 Å². The summed E-state index contributed by atoms with van der Waals surface area (Å²) in [5.74, 6) is -0.0474. The lowest BCUT2D eigenvalue weighted by Gasteiger charge is -2.06. The fourth-order valence-corrected chi connectivity index (χ4v) is 2.63. The van der Waals surface area contributed by atoms with E-state index in [-0.39, 0.29) is 11.7 Å². The number of ether oxygens (including phenoxy) is 1. The number of carbonyl (C=O) groups excluding carboxylic acids is 1. The van der Waals surface area contributed by atoms with Gasteiger partial charge in [-0.3, -0.25) is 4.79 Å². The van der Waals surface area contributed by atoms with E-state index in [1.54, 1.807) is 30.3 Å². The summed E-state index contributed by atoms with van der Waals surface area (Å²) in [6.07, 6.45) is 0. The Morgan fingerprint density at radius 1 is 1.12 bits per heavy atom. The minimum Gasteiger partial charge on any atom is -0.475 e. The molecular weight excluding hydrogens is 329 g/mol. The van der Waals surface area contributed by atoms with Crippen LogP contribution >= 0.6 is 11.3 Å². The Morgan fingerprint density at radius 3 is 2.62 bits per heavy atom. The van der Waals surface area contributed by atoms with Crippen LogP contribution in [0.25, 0.3) is 11.3 Å². The van der Waals surface area contributed by atoms with Crippen molar-refractivity contribution in [3.8, 4) is 17.1 Å². The van der Waals surface area contributed by atoms with Crippen molar-refractivity contribution in [1.82, 2.24) is 15.5 Å². The molecule has 0 atom stereocenters. The summed E-state index contributed by atoms with van der Waals surface area (Å²) >= 11 is 1.39. The Bertz CT molecular complexity index is 790. The van der Waals surface area contributed by atoms with Crippen molar-refractivity contribution >= 4 is 17.2 Å². The molecule has 7 heteroatoms. The van der Waals surface area contributed by atoms with Crippen LogP contribution in [-0.2, 0) is 0 Å². The van der Waals surface area contributed by atoms with E-state index < -0.39 is 0 Å². The predicted octanol–water partition coefficient (Wildman–Crippen LogP) is 3.15. The summed E-state index contributed by atoms with van der Waals surface area (Å²) in [7, 11) is 0. The number of halogens is 1. The van der Waals surface area contributed by atoms with Gasteiger partial charge >= 0.3 is 0 Å². The molecule has 0 saturated carbocycles. The number of aromatic nitrogens is 2. The van der Waals surface area contributed by atoms with E-state index in [0.29, 0.717) is 29.6 Å². The van der Waals surface area contributed by atoms with Crippen LogP contribution in [-0.4, -0.2) is 29.3 Å². The first kappa shape index (κ1) is 16.1. The Labute approximate surface area is 142 Å². The van der Waals surface area contributed by atoms with Crippen LogP contribution in [0, 0.1) is 5.82 Å². The van der Waals surface area contributed by atoms with Crippen LogP contribution in [0.4, 0.5) is 4.39 Å². The van der Waals surface area contributed by atoms with E-state index in [1.807, 2.05) is 11.4 Å². The monoisotopic (exact) mass is 343 g/mol. The molecule has 122 valence electrons. The maximum absolute atomic E-state index is 12.9. The molecule has 3 aromatic rings. The molecule has 2 heterocycles. The van der Waals surface area contributed by atoms with Gasteiger partial charge in [-0.2, -0.15) is 0 Å². The van der Waals surface area contributed by atoms with Gasteiger partial charge in [-0.1, -0.05) is 6.07 Å². The molecule has 24 heavy (non-hydrogen) atoms. The average Bonchev–Trinajstić information content (AvgIpc) is 3.15. The van der Waals surface area contributed by atoms with Crippen molar-refractivity contribution < 1.29 is 13.9 Å². The molecule has 0 spiro atoms. The lowest BCUT2D eigenvalue weighted by atomic mass is 10.1. The number of benzene rings is 1. The Hall–Kier alpha value is -2.80. The summed E-state index contributed by atoms with van der Waals surface area (Å²) in [5.41, 5.74) is 1.41. The summed E-state index contributed by atoms with van der Waals surface area (Å²) in [5, 5.41) is 12.6. The van der Waals surface area contributed by atoms with Gasteiger partial charge in [-0.05, 0) is 41.8 Å². The van der Waals surface area contributed by atoms with E-state index in [1.165, 1.54) is 23.5 Å². The lowest BCUT2D eigenvalue weighted by molar-refractivity contribution is 0.0950. The lowest BCUT2D eigenvalue weighted by Crippen LogP contribution is -2.27. The van der Waals surface area contributed by atoms with Crippen molar-refractivity contribution in [2.45, 2.75) is 0 Å². The fraction of sp³-hybridized carbons (Fsp3) is 0.118. The van der Waals surface area contributed by atoms with Crippen molar-refractivity contribution in [3.63, 3.8) is 0 Å². The first-order chi connectivity index (χ1) is 11.7. The van der Waals surface area contributed by atoms with E-state index in [0.717, 1.165) is 5.56 Å². The zero-order valence-electron chi connectivity index (χ0n) is 12.6. The molecule has 0 bridgehead atoms. The van der Waals surface area contributed by atoms with Crippen LogP contribution in [0.2, 0.25) is 0 Å². The maximum Gasteiger partial charge on any atom is 0.261 e. The summed E-state index contributed by atoms with van der Waals surface area (Å²) in [4.78, 5) is 12.4. The molecule has 1 amide bonds. The quantitative estimate of drug-likeness (QED) is 0.698. The number of rotatable bonds is 6. The smallest absolute Gasteiger partial charge is 0.261 e. The molecule has 0 fully saturated rings. The molecule has 1 N–H and O–H groups in total. The number of nitrogens with one attached hydrogen (secondary N) is 1. The van der Waals surface area contributed by atoms with E-state index in [4.69, 9.17) is 4.74 Å². The second-order valence-electron chi connectivity index (χ2n) is 4.85. The first-order valence-electron chi connectivity index (χ1n) is 7.26. The fourth-order valence-electron chi connectivity index (χ4n) is 1.99. The normalized spacial score (nSPS) is 10.4. The molecule has 0 radical (unpaired) electrons. The Kier molecular flexibility index (Phi) is 5.12. The van der Waals surface area contributed by atoms with E-state index >= 15 is 0 Å². The van der Waals surface area contributed by atoms with Gasteiger partial charge in [0.1, 0.15) is 12.4 Å². The highest BCUT2D eigenvalue weighted by Crippen LogP contribution is 2.18. The minimum atomic E-state index is -0.295. The first-order valence-corrected chi connectivity index (χ1v) is 8.14. The Morgan fingerprint density at radius 2 is 1.96 bits per heavy atom. The van der Waals surface area contributed by atoms with Crippen molar-refractivity contribution in [2.75, 3.05) is 13.2 Å². The largest absolute Gasteiger partial charge is 0.475 e. The third-order valence-electron chi connectivity index (χ3n) is 3.16.